The second-order valence-electron chi connectivity index (χ2n) is 7.03. The molecule has 1 aliphatic heterocycles. The van der Waals surface area contributed by atoms with Crippen molar-refractivity contribution in [1.29, 1.82) is 5.26 Å². The number of nitrogens with one attached hydrogen (secondary N) is 2. The van der Waals surface area contributed by atoms with E-state index in [9.17, 15) is 19.2 Å². The Balaban J connectivity index is 0.00000300. The summed E-state index contributed by atoms with van der Waals surface area (Å²) in [6, 6.07) is 8.05. The lowest BCUT2D eigenvalue weighted by Gasteiger charge is -2.36. The number of nitriles is 1. The standard InChI is InChI=1S/C21H23FN4O2.ClH/c1-13-17(14(2)25-21(28)18(13)11-23)6-7-20(27)26-9-8-24-12-19(26)15-4-3-5-16(22)10-15;/h3-5,10,19,24H,6-9,12H2,1-2H3,(H,25,28);1H. The van der Waals surface area contributed by atoms with E-state index in [1.54, 1.807) is 24.8 Å². The Morgan fingerprint density at radius 1 is 1.38 bits per heavy atom. The number of piperazine rings is 1. The van der Waals surface area contributed by atoms with Gasteiger partial charge in [-0.25, -0.2) is 4.39 Å². The Labute approximate surface area is 175 Å². The van der Waals surface area contributed by atoms with E-state index >= 15 is 0 Å². The maximum absolute atomic E-state index is 13.6. The maximum Gasteiger partial charge on any atom is 0.266 e. The summed E-state index contributed by atoms with van der Waals surface area (Å²) in [6.07, 6.45) is 0.687. The monoisotopic (exact) mass is 418 g/mol. The van der Waals surface area contributed by atoms with Crippen LogP contribution in [0.2, 0.25) is 0 Å². The van der Waals surface area contributed by atoms with Gasteiger partial charge in [-0.05, 0) is 49.1 Å². The van der Waals surface area contributed by atoms with Crippen molar-refractivity contribution >= 4 is 18.3 Å². The Morgan fingerprint density at radius 2 is 2.14 bits per heavy atom. The number of aryl methyl sites for hydroxylation is 1. The van der Waals surface area contributed by atoms with Crippen molar-refractivity contribution in [3.63, 3.8) is 0 Å². The van der Waals surface area contributed by atoms with Crippen LogP contribution in [0.25, 0.3) is 0 Å². The molecule has 2 aromatic rings. The Hall–Kier alpha value is -2.69. The van der Waals surface area contributed by atoms with Crippen molar-refractivity contribution in [2.45, 2.75) is 32.7 Å². The molecule has 1 saturated heterocycles. The predicted molar refractivity (Wildman–Crippen MR) is 111 cm³/mol. The normalized spacial score (nSPS) is 16.1. The number of carbonyl (C=O) groups excluding carboxylic acids is 1. The highest BCUT2D eigenvalue weighted by Gasteiger charge is 2.28. The third-order valence-electron chi connectivity index (χ3n) is 5.31. The van der Waals surface area contributed by atoms with Crippen molar-refractivity contribution in [2.24, 2.45) is 0 Å². The number of H-pyrrole nitrogens is 1. The molecule has 2 N–H and O–H groups in total. The number of amides is 1. The van der Waals surface area contributed by atoms with E-state index in [1.807, 2.05) is 12.1 Å². The number of aromatic amines is 1. The van der Waals surface area contributed by atoms with Crippen LogP contribution in [0.15, 0.2) is 29.1 Å². The SMILES string of the molecule is Cc1[nH]c(=O)c(C#N)c(C)c1CCC(=O)N1CCNCC1c1cccc(F)c1.Cl. The Morgan fingerprint density at radius 3 is 2.83 bits per heavy atom. The lowest BCUT2D eigenvalue weighted by molar-refractivity contribution is -0.134. The molecule has 1 fully saturated rings. The number of hydrogen-bond acceptors (Lipinski definition) is 4. The minimum atomic E-state index is -0.402. The number of rotatable bonds is 4. The molecule has 1 unspecified atom stereocenters. The first-order valence-electron chi connectivity index (χ1n) is 9.30. The summed E-state index contributed by atoms with van der Waals surface area (Å²) < 4.78 is 13.6. The van der Waals surface area contributed by atoms with Crippen molar-refractivity contribution < 1.29 is 9.18 Å². The molecule has 1 aromatic heterocycles. The molecule has 1 amide bonds. The summed E-state index contributed by atoms with van der Waals surface area (Å²) in [4.78, 5) is 29.3. The smallest absolute Gasteiger partial charge is 0.266 e. The molecule has 2 heterocycles. The van der Waals surface area contributed by atoms with Gasteiger partial charge in [-0.2, -0.15) is 5.26 Å². The van der Waals surface area contributed by atoms with Gasteiger partial charge in [-0.3, -0.25) is 9.59 Å². The van der Waals surface area contributed by atoms with Gasteiger partial charge in [0.25, 0.3) is 5.56 Å². The zero-order valence-electron chi connectivity index (χ0n) is 16.4. The quantitative estimate of drug-likeness (QED) is 0.798. The van der Waals surface area contributed by atoms with E-state index in [-0.39, 0.29) is 42.2 Å². The van der Waals surface area contributed by atoms with E-state index in [2.05, 4.69) is 10.3 Å². The third kappa shape index (κ3) is 4.84. The van der Waals surface area contributed by atoms with Crippen LogP contribution in [0.5, 0.6) is 0 Å². The van der Waals surface area contributed by atoms with Crippen LogP contribution in [-0.4, -0.2) is 35.4 Å². The molecule has 1 atom stereocenters. The summed E-state index contributed by atoms with van der Waals surface area (Å²) in [7, 11) is 0. The molecule has 154 valence electrons. The number of pyridine rings is 1. The molecule has 0 aliphatic carbocycles. The number of carbonyl (C=O) groups is 1. The molecule has 0 saturated carbocycles. The highest BCUT2D eigenvalue weighted by Crippen LogP contribution is 2.24. The van der Waals surface area contributed by atoms with Crippen molar-refractivity contribution in [3.05, 3.63) is 68.4 Å². The summed E-state index contributed by atoms with van der Waals surface area (Å²) in [5, 5.41) is 12.5. The summed E-state index contributed by atoms with van der Waals surface area (Å²) in [5.74, 6) is -0.349. The third-order valence-corrected chi connectivity index (χ3v) is 5.31. The number of benzene rings is 1. The maximum atomic E-state index is 13.6. The van der Waals surface area contributed by atoms with Gasteiger partial charge in [0, 0.05) is 31.7 Å². The van der Waals surface area contributed by atoms with Crippen LogP contribution >= 0.6 is 12.4 Å². The number of nitrogens with zero attached hydrogens (tertiary/aromatic N) is 2. The fraction of sp³-hybridized carbons (Fsp3) is 0.381. The highest BCUT2D eigenvalue weighted by atomic mass is 35.5. The molecular weight excluding hydrogens is 395 g/mol. The van der Waals surface area contributed by atoms with Crippen LogP contribution in [0.4, 0.5) is 4.39 Å². The van der Waals surface area contributed by atoms with Crippen LogP contribution in [0.1, 0.15) is 40.4 Å². The summed E-state index contributed by atoms with van der Waals surface area (Å²) in [5.41, 5.74) is 2.58. The topological polar surface area (TPSA) is 89.0 Å². The van der Waals surface area contributed by atoms with Gasteiger partial charge in [-0.15, -0.1) is 12.4 Å². The Bertz CT molecular complexity index is 999. The lowest BCUT2D eigenvalue weighted by atomic mass is 9.98. The van der Waals surface area contributed by atoms with Gasteiger partial charge in [0.15, 0.2) is 0 Å². The first-order chi connectivity index (χ1) is 13.4. The Kier molecular flexibility index (Phi) is 7.54. The van der Waals surface area contributed by atoms with Gasteiger partial charge >= 0.3 is 0 Å². The number of halogens is 2. The van der Waals surface area contributed by atoms with Crippen molar-refractivity contribution in [3.8, 4) is 6.07 Å². The second kappa shape index (κ2) is 9.68. The molecular formula is C21H24ClFN4O2. The molecule has 1 aliphatic rings. The van der Waals surface area contributed by atoms with Crippen LogP contribution in [0, 0.1) is 31.0 Å². The minimum Gasteiger partial charge on any atom is -0.333 e. The first kappa shape index (κ1) is 22.6. The highest BCUT2D eigenvalue weighted by molar-refractivity contribution is 5.85. The second-order valence-corrected chi connectivity index (χ2v) is 7.03. The molecule has 1 aromatic carbocycles. The average molecular weight is 419 g/mol. The van der Waals surface area contributed by atoms with Crippen molar-refractivity contribution in [1.82, 2.24) is 15.2 Å². The van der Waals surface area contributed by atoms with Crippen molar-refractivity contribution in [2.75, 3.05) is 19.6 Å². The average Bonchev–Trinajstić information content (AvgIpc) is 2.67. The fourth-order valence-electron chi connectivity index (χ4n) is 3.81. The van der Waals surface area contributed by atoms with E-state index in [0.717, 1.165) is 11.1 Å². The predicted octanol–water partition coefficient (Wildman–Crippen LogP) is 2.53. The molecule has 0 bridgehead atoms. The zero-order chi connectivity index (χ0) is 20.3. The summed E-state index contributed by atoms with van der Waals surface area (Å²) >= 11 is 0. The number of aromatic nitrogens is 1. The largest absolute Gasteiger partial charge is 0.333 e. The van der Waals surface area contributed by atoms with Gasteiger partial charge in [0.05, 0.1) is 6.04 Å². The fourth-order valence-corrected chi connectivity index (χ4v) is 3.81. The molecule has 6 nitrogen and oxygen atoms in total. The van der Waals surface area contributed by atoms with Gasteiger partial charge in [0.1, 0.15) is 17.4 Å². The first-order valence-corrected chi connectivity index (χ1v) is 9.30. The van der Waals surface area contributed by atoms with Gasteiger partial charge in [-0.1, -0.05) is 12.1 Å². The lowest BCUT2D eigenvalue weighted by Crippen LogP contribution is -2.48. The van der Waals surface area contributed by atoms with Crippen LogP contribution in [0.3, 0.4) is 0 Å². The molecule has 29 heavy (non-hydrogen) atoms. The minimum absolute atomic E-state index is 0. The van der Waals surface area contributed by atoms with Crippen LogP contribution < -0.4 is 10.9 Å². The van der Waals surface area contributed by atoms with E-state index in [1.165, 1.54) is 12.1 Å². The van der Waals surface area contributed by atoms with Gasteiger partial charge < -0.3 is 15.2 Å². The zero-order valence-corrected chi connectivity index (χ0v) is 17.2. The van der Waals surface area contributed by atoms with Gasteiger partial charge in [0.2, 0.25) is 5.91 Å². The number of hydrogen-bond donors (Lipinski definition) is 2. The molecule has 0 radical (unpaired) electrons. The molecule has 3 rings (SSSR count). The van der Waals surface area contributed by atoms with E-state index in [4.69, 9.17) is 0 Å². The molecule has 0 spiro atoms. The van der Waals surface area contributed by atoms with E-state index in [0.29, 0.717) is 37.3 Å². The molecule has 8 heteroatoms. The van der Waals surface area contributed by atoms with E-state index < -0.39 is 5.56 Å². The van der Waals surface area contributed by atoms with Crippen LogP contribution in [-0.2, 0) is 11.2 Å². The summed E-state index contributed by atoms with van der Waals surface area (Å²) in [6.45, 7) is 5.32.